The van der Waals surface area contributed by atoms with Gasteiger partial charge in [-0.15, -0.1) is 11.8 Å². The first kappa shape index (κ1) is 16.9. The predicted octanol–water partition coefficient (Wildman–Crippen LogP) is 1.15. The SMILES string of the molecule is CSc1ccc([N+](=O)[O-])c(C(=O)NCCOCC(=O)O)c1. The molecule has 0 spiro atoms. The van der Waals surface area contributed by atoms with Crippen molar-refractivity contribution in [1.29, 1.82) is 0 Å². The summed E-state index contributed by atoms with van der Waals surface area (Å²) < 4.78 is 4.75. The Bertz CT molecular complexity index is 549. The number of carbonyl (C=O) groups excluding carboxylic acids is 1. The number of carbonyl (C=O) groups is 2. The number of amides is 1. The van der Waals surface area contributed by atoms with Crippen molar-refractivity contribution in [3.8, 4) is 0 Å². The second-order valence-electron chi connectivity index (χ2n) is 3.84. The van der Waals surface area contributed by atoms with Crippen molar-refractivity contribution in [3.05, 3.63) is 33.9 Å². The fourth-order valence-electron chi connectivity index (χ4n) is 1.47. The molecule has 1 amide bonds. The normalized spacial score (nSPS) is 10.1. The third-order valence-electron chi connectivity index (χ3n) is 2.40. The topological polar surface area (TPSA) is 119 Å². The maximum Gasteiger partial charge on any atom is 0.329 e. The number of rotatable bonds is 8. The maximum atomic E-state index is 11.9. The second-order valence-corrected chi connectivity index (χ2v) is 4.72. The van der Waals surface area contributed by atoms with Crippen LogP contribution >= 0.6 is 11.8 Å². The molecule has 1 aromatic rings. The van der Waals surface area contributed by atoms with Crippen LogP contribution in [0.1, 0.15) is 10.4 Å². The molecule has 0 aliphatic rings. The first-order chi connectivity index (χ1) is 9.95. The monoisotopic (exact) mass is 314 g/mol. The molecule has 0 heterocycles. The van der Waals surface area contributed by atoms with E-state index in [1.807, 2.05) is 0 Å². The molecule has 114 valence electrons. The summed E-state index contributed by atoms with van der Waals surface area (Å²) in [6, 6.07) is 4.29. The largest absolute Gasteiger partial charge is 0.480 e. The first-order valence-electron chi connectivity index (χ1n) is 5.86. The highest BCUT2D eigenvalue weighted by atomic mass is 32.2. The minimum atomic E-state index is -1.11. The Morgan fingerprint density at radius 3 is 2.76 bits per heavy atom. The lowest BCUT2D eigenvalue weighted by Crippen LogP contribution is -2.28. The van der Waals surface area contributed by atoms with Crippen LogP contribution in [-0.4, -0.2) is 47.9 Å². The smallest absolute Gasteiger partial charge is 0.329 e. The lowest BCUT2D eigenvalue weighted by Gasteiger charge is -2.07. The highest BCUT2D eigenvalue weighted by molar-refractivity contribution is 7.98. The van der Waals surface area contributed by atoms with Crippen LogP contribution < -0.4 is 5.32 Å². The number of carboxylic acids is 1. The van der Waals surface area contributed by atoms with Gasteiger partial charge in [-0.2, -0.15) is 0 Å². The Morgan fingerprint density at radius 2 is 2.19 bits per heavy atom. The van der Waals surface area contributed by atoms with Crippen molar-refractivity contribution >= 4 is 29.3 Å². The lowest BCUT2D eigenvalue weighted by molar-refractivity contribution is -0.385. The summed E-state index contributed by atoms with van der Waals surface area (Å²) in [4.78, 5) is 33.2. The minimum Gasteiger partial charge on any atom is -0.480 e. The summed E-state index contributed by atoms with van der Waals surface area (Å²) in [5, 5.41) is 21.7. The molecule has 0 aliphatic carbocycles. The lowest BCUT2D eigenvalue weighted by atomic mass is 10.1. The number of aliphatic carboxylic acids is 1. The number of nitrogens with one attached hydrogen (secondary N) is 1. The molecule has 2 N–H and O–H groups in total. The van der Waals surface area contributed by atoms with Crippen molar-refractivity contribution in [2.45, 2.75) is 4.90 Å². The highest BCUT2D eigenvalue weighted by Gasteiger charge is 2.20. The van der Waals surface area contributed by atoms with Crippen molar-refractivity contribution in [2.24, 2.45) is 0 Å². The third-order valence-corrected chi connectivity index (χ3v) is 3.13. The van der Waals surface area contributed by atoms with Crippen molar-refractivity contribution in [3.63, 3.8) is 0 Å². The molecule has 0 fully saturated rings. The van der Waals surface area contributed by atoms with Crippen LogP contribution in [0.3, 0.4) is 0 Å². The number of nitro groups is 1. The molecule has 0 aliphatic heterocycles. The van der Waals surface area contributed by atoms with Gasteiger partial charge in [0.2, 0.25) is 0 Å². The van der Waals surface area contributed by atoms with Crippen LogP contribution in [0.2, 0.25) is 0 Å². The Labute approximate surface area is 124 Å². The number of hydrogen-bond acceptors (Lipinski definition) is 6. The van der Waals surface area contributed by atoms with Crippen LogP contribution in [0.15, 0.2) is 23.1 Å². The Kier molecular flexibility index (Phi) is 6.63. The molecule has 0 saturated heterocycles. The molecule has 0 radical (unpaired) electrons. The van der Waals surface area contributed by atoms with Gasteiger partial charge in [-0.3, -0.25) is 14.9 Å². The molecule has 0 aromatic heterocycles. The number of hydrogen-bond donors (Lipinski definition) is 2. The van der Waals surface area contributed by atoms with E-state index in [1.54, 1.807) is 12.3 Å². The minimum absolute atomic E-state index is 0.00799. The van der Waals surface area contributed by atoms with Gasteiger partial charge >= 0.3 is 5.97 Å². The van der Waals surface area contributed by atoms with E-state index in [0.29, 0.717) is 0 Å². The maximum absolute atomic E-state index is 11.9. The molecule has 0 unspecified atom stereocenters. The van der Waals surface area contributed by atoms with E-state index in [2.05, 4.69) is 5.32 Å². The summed E-state index contributed by atoms with van der Waals surface area (Å²) in [6.45, 7) is -0.390. The summed E-state index contributed by atoms with van der Waals surface area (Å²) in [7, 11) is 0. The molecule has 0 atom stereocenters. The fraction of sp³-hybridized carbons (Fsp3) is 0.333. The molecule has 0 saturated carbocycles. The zero-order valence-corrected chi connectivity index (χ0v) is 12.0. The van der Waals surface area contributed by atoms with Gasteiger partial charge < -0.3 is 15.2 Å². The van der Waals surface area contributed by atoms with Crippen molar-refractivity contribution in [1.82, 2.24) is 5.32 Å². The molecule has 1 aromatic carbocycles. The van der Waals surface area contributed by atoms with Crippen molar-refractivity contribution in [2.75, 3.05) is 26.0 Å². The van der Waals surface area contributed by atoms with Gasteiger partial charge in [-0.1, -0.05) is 0 Å². The zero-order valence-electron chi connectivity index (χ0n) is 11.2. The van der Waals surface area contributed by atoms with E-state index in [1.165, 1.54) is 23.9 Å². The van der Waals surface area contributed by atoms with Gasteiger partial charge in [0.05, 0.1) is 11.5 Å². The van der Waals surface area contributed by atoms with Gasteiger partial charge in [-0.05, 0) is 18.4 Å². The third kappa shape index (κ3) is 5.40. The molecule has 21 heavy (non-hydrogen) atoms. The van der Waals surface area contributed by atoms with Crippen LogP contribution in [0.25, 0.3) is 0 Å². The van der Waals surface area contributed by atoms with E-state index >= 15 is 0 Å². The summed E-state index contributed by atoms with van der Waals surface area (Å²) >= 11 is 1.36. The van der Waals surface area contributed by atoms with Crippen LogP contribution in [0.4, 0.5) is 5.69 Å². The number of thioether (sulfide) groups is 1. The molecule has 1 rings (SSSR count). The van der Waals surface area contributed by atoms with E-state index in [-0.39, 0.29) is 24.4 Å². The molecular formula is C12H14N2O6S. The summed E-state index contributed by atoms with van der Waals surface area (Å²) in [5.74, 6) is -1.71. The van der Waals surface area contributed by atoms with Crippen LogP contribution in [-0.2, 0) is 9.53 Å². The Balaban J connectivity index is 2.67. The number of carboxylic acid groups (broad SMARTS) is 1. The van der Waals surface area contributed by atoms with Gasteiger partial charge in [0.25, 0.3) is 11.6 Å². The van der Waals surface area contributed by atoms with Crippen LogP contribution in [0, 0.1) is 10.1 Å². The summed E-state index contributed by atoms with van der Waals surface area (Å²) in [6.07, 6.45) is 1.79. The van der Waals surface area contributed by atoms with E-state index in [4.69, 9.17) is 9.84 Å². The summed E-state index contributed by atoms with van der Waals surface area (Å²) in [5.41, 5.74) is -0.318. The number of nitrogens with zero attached hydrogens (tertiary/aromatic N) is 1. The second kappa shape index (κ2) is 8.22. The van der Waals surface area contributed by atoms with Crippen LogP contribution in [0.5, 0.6) is 0 Å². The average molecular weight is 314 g/mol. The van der Waals surface area contributed by atoms with Gasteiger partial charge in [0.15, 0.2) is 0 Å². The average Bonchev–Trinajstić information content (AvgIpc) is 2.45. The molecule has 8 nitrogen and oxygen atoms in total. The quantitative estimate of drug-likeness (QED) is 0.320. The Morgan fingerprint density at radius 1 is 1.48 bits per heavy atom. The number of ether oxygens (including phenoxy) is 1. The molecule has 0 bridgehead atoms. The van der Waals surface area contributed by atoms with Gasteiger partial charge in [-0.25, -0.2) is 4.79 Å². The molecular weight excluding hydrogens is 300 g/mol. The zero-order chi connectivity index (χ0) is 15.8. The highest BCUT2D eigenvalue weighted by Crippen LogP contribution is 2.24. The Hall–Kier alpha value is -2.13. The number of nitro benzene ring substituents is 1. The van der Waals surface area contributed by atoms with E-state index < -0.39 is 23.4 Å². The van der Waals surface area contributed by atoms with Crippen molar-refractivity contribution < 1.29 is 24.4 Å². The molecule has 9 heteroatoms. The van der Waals surface area contributed by atoms with E-state index in [9.17, 15) is 19.7 Å². The predicted molar refractivity (Wildman–Crippen MR) is 75.7 cm³/mol. The van der Waals surface area contributed by atoms with Gasteiger partial charge in [0, 0.05) is 17.5 Å². The van der Waals surface area contributed by atoms with Gasteiger partial charge in [0.1, 0.15) is 12.2 Å². The standard InChI is InChI=1S/C12H14N2O6S/c1-21-8-2-3-10(14(18)19)9(6-8)12(17)13-4-5-20-7-11(15)16/h2-3,6H,4-5,7H2,1H3,(H,13,17)(H,15,16). The number of benzene rings is 1. The van der Waals surface area contributed by atoms with E-state index in [0.717, 1.165) is 4.90 Å². The first-order valence-corrected chi connectivity index (χ1v) is 7.08. The fourth-order valence-corrected chi connectivity index (χ4v) is 1.91.